The zero-order chi connectivity index (χ0) is 28.9. The summed E-state index contributed by atoms with van der Waals surface area (Å²) >= 11 is 0. The van der Waals surface area contributed by atoms with Gasteiger partial charge in [-0.25, -0.2) is 4.79 Å². The van der Waals surface area contributed by atoms with Crippen LogP contribution in [0.5, 0.6) is 23.0 Å². The van der Waals surface area contributed by atoms with Crippen LogP contribution in [0.1, 0.15) is 58.5 Å². The third-order valence-electron chi connectivity index (χ3n) is 7.43. The lowest BCUT2D eigenvalue weighted by molar-refractivity contribution is -0.286. The molecular formula is C29H23F4NO7. The Balaban J connectivity index is 1.30. The van der Waals surface area contributed by atoms with Crippen LogP contribution < -0.4 is 24.3 Å². The van der Waals surface area contributed by atoms with E-state index < -0.39 is 36.4 Å². The molecule has 0 spiro atoms. The van der Waals surface area contributed by atoms with E-state index in [-0.39, 0.29) is 35.3 Å². The second kappa shape index (κ2) is 9.86. The van der Waals surface area contributed by atoms with E-state index in [1.807, 2.05) is 0 Å². The molecule has 2 aliphatic heterocycles. The average Bonchev–Trinajstić information content (AvgIpc) is 3.69. The first-order valence-corrected chi connectivity index (χ1v) is 12.7. The maximum Gasteiger partial charge on any atom is 0.586 e. The van der Waals surface area contributed by atoms with Gasteiger partial charge in [-0.1, -0.05) is 18.2 Å². The average molecular weight is 573 g/mol. The van der Waals surface area contributed by atoms with E-state index >= 15 is 0 Å². The molecule has 3 aliphatic rings. The molecule has 1 saturated carbocycles. The Morgan fingerprint density at radius 2 is 1.76 bits per heavy atom. The predicted molar refractivity (Wildman–Crippen MR) is 133 cm³/mol. The number of esters is 1. The highest BCUT2D eigenvalue weighted by Crippen LogP contribution is 2.53. The number of carbonyl (C=O) groups is 2. The summed E-state index contributed by atoms with van der Waals surface area (Å²) in [4.78, 5) is 25.8. The Morgan fingerprint density at radius 3 is 2.49 bits per heavy atom. The van der Waals surface area contributed by atoms with Crippen molar-refractivity contribution in [1.82, 2.24) is 5.32 Å². The van der Waals surface area contributed by atoms with E-state index in [1.54, 1.807) is 36.4 Å². The fraction of sp³-hybridized carbons (Fsp3) is 0.310. The minimum absolute atomic E-state index is 0.118. The van der Waals surface area contributed by atoms with Crippen LogP contribution in [0, 0.1) is 0 Å². The maximum absolute atomic E-state index is 13.7. The lowest BCUT2D eigenvalue weighted by Crippen LogP contribution is -2.39. The number of nitrogens with one attached hydrogen (secondary N) is 1. The summed E-state index contributed by atoms with van der Waals surface area (Å²) in [7, 11) is 1.26. The number of alkyl halides is 4. The van der Waals surface area contributed by atoms with Gasteiger partial charge in [0.05, 0.1) is 24.1 Å². The van der Waals surface area contributed by atoms with E-state index in [0.717, 1.165) is 0 Å². The van der Waals surface area contributed by atoms with Crippen molar-refractivity contribution in [2.45, 2.75) is 49.7 Å². The van der Waals surface area contributed by atoms with Crippen molar-refractivity contribution >= 4 is 11.9 Å². The number of halogens is 4. The molecule has 3 aromatic rings. The van der Waals surface area contributed by atoms with E-state index in [9.17, 15) is 27.2 Å². The maximum atomic E-state index is 13.7. The summed E-state index contributed by atoms with van der Waals surface area (Å²) in [6.45, 7) is -3.05. The minimum atomic E-state index is -3.78. The molecule has 2 atom stereocenters. The van der Waals surface area contributed by atoms with E-state index in [0.29, 0.717) is 35.1 Å². The number of methoxy groups -OCH3 is 1. The van der Waals surface area contributed by atoms with Crippen molar-refractivity contribution in [3.8, 4) is 23.0 Å². The highest BCUT2D eigenvalue weighted by atomic mass is 19.3. The van der Waals surface area contributed by atoms with Gasteiger partial charge in [0.2, 0.25) is 5.91 Å². The molecule has 0 unspecified atom stereocenters. The molecule has 1 fully saturated rings. The van der Waals surface area contributed by atoms with Gasteiger partial charge in [-0.15, -0.1) is 8.78 Å². The van der Waals surface area contributed by atoms with Gasteiger partial charge in [0.15, 0.2) is 11.5 Å². The lowest BCUT2D eigenvalue weighted by atomic mass is 9.90. The van der Waals surface area contributed by atoms with Gasteiger partial charge >= 0.3 is 18.9 Å². The topological polar surface area (TPSA) is 92.3 Å². The van der Waals surface area contributed by atoms with Crippen LogP contribution in [0.2, 0.25) is 0 Å². The first-order valence-electron chi connectivity index (χ1n) is 12.7. The van der Waals surface area contributed by atoms with Crippen LogP contribution >= 0.6 is 0 Å². The van der Waals surface area contributed by atoms with Crippen molar-refractivity contribution in [3.05, 3.63) is 82.9 Å². The fourth-order valence-corrected chi connectivity index (χ4v) is 5.26. The number of hydrogen-bond acceptors (Lipinski definition) is 7. The van der Waals surface area contributed by atoms with E-state index in [4.69, 9.17) is 9.47 Å². The number of fused-ring (bicyclic) bond motifs is 2. The fourth-order valence-electron chi connectivity index (χ4n) is 5.26. The summed E-state index contributed by atoms with van der Waals surface area (Å²) in [5.41, 5.74) is 0.982. The molecule has 0 saturated heterocycles. The minimum Gasteiger partial charge on any atom is -0.485 e. The molecule has 6 rings (SSSR count). The molecule has 0 aromatic heterocycles. The summed E-state index contributed by atoms with van der Waals surface area (Å²) in [6.07, 6.45) is -3.23. The van der Waals surface area contributed by atoms with Crippen LogP contribution in [-0.4, -0.2) is 31.9 Å². The van der Waals surface area contributed by atoms with Crippen LogP contribution in [0.15, 0.2) is 60.7 Å². The zero-order valence-electron chi connectivity index (χ0n) is 21.5. The van der Waals surface area contributed by atoms with Crippen LogP contribution in [-0.2, 0) is 14.9 Å². The van der Waals surface area contributed by atoms with E-state index in [1.165, 1.54) is 31.4 Å². The third kappa shape index (κ3) is 5.09. The van der Waals surface area contributed by atoms with Crippen LogP contribution in [0.25, 0.3) is 0 Å². The van der Waals surface area contributed by atoms with Gasteiger partial charge in [-0.05, 0) is 60.4 Å². The molecule has 0 radical (unpaired) electrons. The highest BCUT2D eigenvalue weighted by Gasteiger charge is 2.53. The molecule has 0 bridgehead atoms. The first-order chi connectivity index (χ1) is 19.6. The first kappa shape index (κ1) is 26.7. The summed E-state index contributed by atoms with van der Waals surface area (Å²) in [6, 6.07) is 14.5. The molecule has 2 heterocycles. The molecular weight excluding hydrogens is 550 g/mol. The molecule has 1 amide bonds. The second-order valence-corrected chi connectivity index (χ2v) is 9.97. The Morgan fingerprint density at radius 1 is 0.976 bits per heavy atom. The molecule has 3 aromatic carbocycles. The number of benzene rings is 3. The Kier molecular flexibility index (Phi) is 6.43. The van der Waals surface area contributed by atoms with Gasteiger partial charge in [0.25, 0.3) is 0 Å². The number of ether oxygens (including phenoxy) is 5. The normalized spacial score (nSPS) is 20.9. The largest absolute Gasteiger partial charge is 0.586 e. The molecule has 1 N–H and O–H groups in total. The van der Waals surface area contributed by atoms with Gasteiger partial charge in [0.1, 0.15) is 17.6 Å². The number of carbonyl (C=O) groups excluding carboxylic acids is 2. The summed E-state index contributed by atoms with van der Waals surface area (Å²) in [5, 5.41) is 3.05. The summed E-state index contributed by atoms with van der Waals surface area (Å²) < 4.78 is 77.4. The van der Waals surface area contributed by atoms with Crippen molar-refractivity contribution in [3.63, 3.8) is 0 Å². The Labute approximate surface area is 231 Å². The lowest BCUT2D eigenvalue weighted by Gasteiger charge is -2.34. The molecule has 214 valence electrons. The molecule has 41 heavy (non-hydrogen) atoms. The quantitative estimate of drug-likeness (QED) is 0.282. The van der Waals surface area contributed by atoms with Crippen LogP contribution in [0.3, 0.4) is 0 Å². The monoisotopic (exact) mass is 573 g/mol. The van der Waals surface area contributed by atoms with Crippen molar-refractivity contribution in [1.29, 1.82) is 0 Å². The highest BCUT2D eigenvalue weighted by molar-refractivity contribution is 5.92. The number of hydrogen-bond donors (Lipinski definition) is 1. The van der Waals surface area contributed by atoms with Gasteiger partial charge in [-0.2, -0.15) is 8.78 Å². The Hall–Kier alpha value is -4.48. The van der Waals surface area contributed by atoms with Gasteiger partial charge in [-0.3, -0.25) is 4.79 Å². The van der Waals surface area contributed by atoms with Crippen LogP contribution in [0.4, 0.5) is 17.6 Å². The second-order valence-electron chi connectivity index (χ2n) is 9.97. The van der Waals surface area contributed by atoms with Crippen molar-refractivity contribution in [2.75, 3.05) is 7.11 Å². The van der Waals surface area contributed by atoms with Gasteiger partial charge < -0.3 is 29.0 Å². The summed E-state index contributed by atoms with van der Waals surface area (Å²) in [5.74, 6) is -1.05. The third-order valence-corrected chi connectivity index (χ3v) is 7.43. The van der Waals surface area contributed by atoms with Gasteiger partial charge in [0, 0.05) is 18.1 Å². The van der Waals surface area contributed by atoms with Crippen molar-refractivity contribution < 1.29 is 50.8 Å². The standard InChI is InChI=1S/C29H23F4NO7/c1-37-25(35)16-4-2-3-15(11-16)22-14-20(19-7-6-18(38-27(30)31)13-23(19)39-22)34-26(36)28(9-10-28)17-5-8-21-24(12-17)41-29(32,33)40-21/h2-8,11-13,20,22,27H,9-10,14H2,1H3,(H,34,36)/t20-,22-/m1/s1. The zero-order valence-corrected chi connectivity index (χ0v) is 21.5. The molecule has 12 heteroatoms. The SMILES string of the molecule is COC(=O)c1cccc([C@H]2C[C@@H](NC(=O)C3(c4ccc5c(c4)OC(F)(F)O5)CC3)c3ccc(OC(F)F)cc3O2)c1. The Bertz CT molecular complexity index is 1520. The molecule has 8 nitrogen and oxygen atoms in total. The molecule has 1 aliphatic carbocycles. The predicted octanol–water partition coefficient (Wildman–Crippen LogP) is 5.81. The number of rotatable bonds is 7. The number of amides is 1. The smallest absolute Gasteiger partial charge is 0.485 e. The van der Waals surface area contributed by atoms with Crippen molar-refractivity contribution in [2.24, 2.45) is 0 Å². The van der Waals surface area contributed by atoms with E-state index in [2.05, 4.69) is 19.5 Å².